The Labute approximate surface area is 113 Å². The van der Waals surface area contributed by atoms with Crippen molar-refractivity contribution in [1.82, 2.24) is 10.2 Å². The number of rotatable bonds is 5. The van der Waals surface area contributed by atoms with E-state index in [4.69, 9.17) is 4.74 Å². The van der Waals surface area contributed by atoms with E-state index >= 15 is 0 Å². The van der Waals surface area contributed by atoms with Gasteiger partial charge in [-0.1, -0.05) is 20.3 Å². The van der Waals surface area contributed by atoms with E-state index in [0.29, 0.717) is 6.04 Å². The molecule has 18 heavy (non-hydrogen) atoms. The van der Waals surface area contributed by atoms with Crippen molar-refractivity contribution in [2.24, 2.45) is 5.92 Å². The minimum Gasteiger partial charge on any atom is -0.375 e. The first-order chi connectivity index (χ1) is 8.42. The normalized spacial score (nSPS) is 24.8. The molecule has 2 unspecified atom stereocenters. The lowest BCUT2D eigenvalue weighted by atomic mass is 9.99. The lowest BCUT2D eigenvalue weighted by Gasteiger charge is -2.29. The van der Waals surface area contributed by atoms with Crippen LogP contribution < -0.4 is 5.32 Å². The molecule has 1 aliphatic rings. The van der Waals surface area contributed by atoms with Crippen molar-refractivity contribution in [3.8, 4) is 0 Å². The molecule has 0 aromatic rings. The highest BCUT2D eigenvalue weighted by Crippen LogP contribution is 2.13. The molecule has 0 spiro atoms. The maximum atomic E-state index is 5.83. The van der Waals surface area contributed by atoms with Crippen LogP contribution in [-0.4, -0.2) is 49.3 Å². The van der Waals surface area contributed by atoms with E-state index in [1.54, 1.807) is 0 Å². The fourth-order valence-corrected chi connectivity index (χ4v) is 2.37. The van der Waals surface area contributed by atoms with Gasteiger partial charge in [0.25, 0.3) is 0 Å². The molecule has 0 bridgehead atoms. The Morgan fingerprint density at radius 1 is 1.39 bits per heavy atom. The quantitative estimate of drug-likeness (QED) is 0.818. The third-order valence-electron chi connectivity index (χ3n) is 3.79. The summed E-state index contributed by atoms with van der Waals surface area (Å²) in [6, 6.07) is 0.645. The Morgan fingerprint density at radius 2 is 2.11 bits per heavy atom. The molecule has 0 aliphatic carbocycles. The second-order valence-electron chi connectivity index (χ2n) is 6.56. The fraction of sp³-hybridized carbons (Fsp3) is 1.00. The number of nitrogens with one attached hydrogen (secondary N) is 1. The van der Waals surface area contributed by atoms with Crippen LogP contribution in [0.15, 0.2) is 0 Å². The number of hydrogen-bond acceptors (Lipinski definition) is 3. The standard InChI is InChI=1S/C15H32N2O/c1-6-13(2)14-12-17(9-7-8-16-14)10-11-18-15(3,4)5/h13-14,16H,6-12H2,1-5H3. The summed E-state index contributed by atoms with van der Waals surface area (Å²) in [5, 5.41) is 3.69. The SMILES string of the molecule is CCC(C)C1CN(CCOC(C)(C)C)CCCN1. The van der Waals surface area contributed by atoms with Crippen LogP contribution >= 0.6 is 0 Å². The third-order valence-corrected chi connectivity index (χ3v) is 3.79. The predicted octanol–water partition coefficient (Wildman–Crippen LogP) is 2.51. The van der Waals surface area contributed by atoms with Crippen LogP contribution in [0.2, 0.25) is 0 Å². The maximum Gasteiger partial charge on any atom is 0.0600 e. The number of nitrogens with zero attached hydrogens (tertiary/aromatic N) is 1. The van der Waals surface area contributed by atoms with Crippen LogP contribution in [0.3, 0.4) is 0 Å². The maximum absolute atomic E-state index is 5.83. The fourth-order valence-electron chi connectivity index (χ4n) is 2.37. The van der Waals surface area contributed by atoms with Gasteiger partial charge in [-0.05, 0) is 46.2 Å². The van der Waals surface area contributed by atoms with Gasteiger partial charge >= 0.3 is 0 Å². The second-order valence-corrected chi connectivity index (χ2v) is 6.56. The molecule has 0 aromatic heterocycles. The third kappa shape index (κ3) is 6.17. The van der Waals surface area contributed by atoms with Crippen molar-refractivity contribution in [2.45, 2.75) is 59.1 Å². The van der Waals surface area contributed by atoms with Crippen LogP contribution in [0.4, 0.5) is 0 Å². The van der Waals surface area contributed by atoms with Crippen molar-refractivity contribution in [3.05, 3.63) is 0 Å². The van der Waals surface area contributed by atoms with Gasteiger partial charge in [-0.25, -0.2) is 0 Å². The molecule has 108 valence electrons. The van der Waals surface area contributed by atoms with E-state index in [1.807, 2.05) is 0 Å². The first-order valence-electron chi connectivity index (χ1n) is 7.52. The zero-order valence-electron chi connectivity index (χ0n) is 13.0. The lowest BCUT2D eigenvalue weighted by molar-refractivity contribution is -0.0135. The first-order valence-corrected chi connectivity index (χ1v) is 7.52. The number of hydrogen-bond donors (Lipinski definition) is 1. The molecular formula is C15H32N2O. The molecule has 1 aliphatic heterocycles. The minimum atomic E-state index is -0.0137. The molecule has 1 saturated heterocycles. The Kier molecular flexibility index (Phi) is 6.61. The lowest BCUT2D eigenvalue weighted by Crippen LogP contribution is -2.43. The average Bonchev–Trinajstić information content (AvgIpc) is 2.52. The summed E-state index contributed by atoms with van der Waals surface area (Å²) in [6.45, 7) is 16.4. The van der Waals surface area contributed by atoms with Gasteiger partial charge in [-0.2, -0.15) is 0 Å². The molecule has 2 atom stereocenters. The summed E-state index contributed by atoms with van der Waals surface area (Å²) < 4.78 is 5.83. The summed E-state index contributed by atoms with van der Waals surface area (Å²) in [6.07, 6.45) is 2.51. The summed E-state index contributed by atoms with van der Waals surface area (Å²) in [7, 11) is 0. The van der Waals surface area contributed by atoms with Crippen LogP contribution in [0, 0.1) is 5.92 Å². The first kappa shape index (κ1) is 15.9. The Balaban J connectivity index is 2.35. The second kappa shape index (κ2) is 7.46. The highest BCUT2D eigenvalue weighted by molar-refractivity contribution is 4.80. The van der Waals surface area contributed by atoms with Crippen LogP contribution in [-0.2, 0) is 4.74 Å². The monoisotopic (exact) mass is 256 g/mol. The highest BCUT2D eigenvalue weighted by atomic mass is 16.5. The van der Waals surface area contributed by atoms with Crippen molar-refractivity contribution in [2.75, 3.05) is 32.8 Å². The summed E-state index contributed by atoms with van der Waals surface area (Å²) in [5.41, 5.74) is -0.0137. The van der Waals surface area contributed by atoms with E-state index in [-0.39, 0.29) is 5.60 Å². The molecule has 0 amide bonds. The molecule has 0 saturated carbocycles. The van der Waals surface area contributed by atoms with Crippen LogP contribution in [0.1, 0.15) is 47.5 Å². The molecule has 3 heteroatoms. The van der Waals surface area contributed by atoms with E-state index in [1.165, 1.54) is 25.9 Å². The van der Waals surface area contributed by atoms with Gasteiger partial charge in [0.1, 0.15) is 0 Å². The zero-order valence-corrected chi connectivity index (χ0v) is 13.0. The van der Waals surface area contributed by atoms with Gasteiger partial charge in [-0.3, -0.25) is 4.90 Å². The molecule has 1 rings (SSSR count). The van der Waals surface area contributed by atoms with Crippen LogP contribution in [0.25, 0.3) is 0 Å². The summed E-state index contributed by atoms with van der Waals surface area (Å²) in [5.74, 6) is 0.758. The molecule has 1 fully saturated rings. The van der Waals surface area contributed by atoms with E-state index < -0.39 is 0 Å². The van der Waals surface area contributed by atoms with Gasteiger partial charge in [0, 0.05) is 19.1 Å². The zero-order chi connectivity index (χ0) is 13.6. The van der Waals surface area contributed by atoms with Gasteiger partial charge in [-0.15, -0.1) is 0 Å². The largest absolute Gasteiger partial charge is 0.375 e. The topological polar surface area (TPSA) is 24.5 Å². The Morgan fingerprint density at radius 3 is 2.72 bits per heavy atom. The molecule has 0 radical (unpaired) electrons. The van der Waals surface area contributed by atoms with Crippen molar-refractivity contribution >= 4 is 0 Å². The molecule has 1 N–H and O–H groups in total. The van der Waals surface area contributed by atoms with Gasteiger partial charge in [0.05, 0.1) is 12.2 Å². The average molecular weight is 256 g/mol. The minimum absolute atomic E-state index is 0.0137. The van der Waals surface area contributed by atoms with Gasteiger partial charge < -0.3 is 10.1 Å². The Hall–Kier alpha value is -0.120. The van der Waals surface area contributed by atoms with Crippen molar-refractivity contribution < 1.29 is 4.74 Å². The highest BCUT2D eigenvalue weighted by Gasteiger charge is 2.21. The predicted molar refractivity (Wildman–Crippen MR) is 78.0 cm³/mol. The smallest absolute Gasteiger partial charge is 0.0600 e. The van der Waals surface area contributed by atoms with E-state index in [2.05, 4.69) is 44.8 Å². The van der Waals surface area contributed by atoms with Crippen molar-refractivity contribution in [3.63, 3.8) is 0 Å². The molecule has 0 aromatic carbocycles. The van der Waals surface area contributed by atoms with Gasteiger partial charge in [0.2, 0.25) is 0 Å². The van der Waals surface area contributed by atoms with E-state index in [0.717, 1.165) is 25.6 Å². The molecular weight excluding hydrogens is 224 g/mol. The van der Waals surface area contributed by atoms with Crippen molar-refractivity contribution in [1.29, 1.82) is 0 Å². The van der Waals surface area contributed by atoms with E-state index in [9.17, 15) is 0 Å². The van der Waals surface area contributed by atoms with Gasteiger partial charge in [0.15, 0.2) is 0 Å². The summed E-state index contributed by atoms with van der Waals surface area (Å²) in [4.78, 5) is 2.56. The van der Waals surface area contributed by atoms with Crippen LogP contribution in [0.5, 0.6) is 0 Å². The Bertz CT molecular complexity index is 225. The summed E-state index contributed by atoms with van der Waals surface area (Å²) >= 11 is 0. The molecule has 3 nitrogen and oxygen atoms in total. The number of ether oxygens (including phenoxy) is 1. The molecule has 1 heterocycles.